The third-order valence-corrected chi connectivity index (χ3v) is 4.51. The second-order valence-corrected chi connectivity index (χ2v) is 7.35. The fourth-order valence-corrected chi connectivity index (χ4v) is 3.43. The van der Waals surface area contributed by atoms with Crippen LogP contribution in [-0.4, -0.2) is 9.38 Å². The Kier molecular flexibility index (Phi) is 3.59. The Morgan fingerprint density at radius 3 is 2.76 bits per heavy atom. The molecule has 0 aliphatic carbocycles. The molecule has 0 radical (unpaired) electrons. The number of hydrogen-bond acceptors (Lipinski definition) is 3. The summed E-state index contributed by atoms with van der Waals surface area (Å²) in [7, 11) is 0. The number of imidazole rings is 1. The number of rotatable bonds is 3. The van der Waals surface area contributed by atoms with Crippen LogP contribution in [0.3, 0.4) is 0 Å². The summed E-state index contributed by atoms with van der Waals surface area (Å²) >= 11 is 1.65. The van der Waals surface area contributed by atoms with Crippen molar-refractivity contribution in [3.8, 4) is 0 Å². The quantitative estimate of drug-likeness (QED) is 0.796. The van der Waals surface area contributed by atoms with Gasteiger partial charge in [-0.1, -0.05) is 45.0 Å². The highest BCUT2D eigenvalue weighted by atomic mass is 32.1. The molecule has 3 nitrogen and oxygen atoms in total. The first-order chi connectivity index (χ1) is 9.95. The van der Waals surface area contributed by atoms with E-state index >= 15 is 0 Å². The highest BCUT2D eigenvalue weighted by molar-refractivity contribution is 7.15. The smallest absolute Gasteiger partial charge is 0.193 e. The molecule has 4 heteroatoms. The number of fused-ring (bicyclic) bond motifs is 1. The Balaban J connectivity index is 1.88. The van der Waals surface area contributed by atoms with Crippen molar-refractivity contribution in [3.63, 3.8) is 0 Å². The van der Waals surface area contributed by atoms with Crippen LogP contribution in [0.4, 0.5) is 0 Å². The minimum Gasteiger partial charge on any atom is -0.324 e. The van der Waals surface area contributed by atoms with Gasteiger partial charge < -0.3 is 5.73 Å². The van der Waals surface area contributed by atoms with Crippen LogP contribution in [0.2, 0.25) is 0 Å². The zero-order chi connectivity index (χ0) is 15.0. The lowest BCUT2D eigenvalue weighted by molar-refractivity contribution is 0.568. The summed E-state index contributed by atoms with van der Waals surface area (Å²) in [6.07, 6.45) is 4.87. The fraction of sp³-hybridized carbons (Fsp3) is 0.353. The summed E-state index contributed by atoms with van der Waals surface area (Å²) in [5.74, 6) is 0. The van der Waals surface area contributed by atoms with E-state index in [1.807, 2.05) is 11.6 Å². The lowest BCUT2D eigenvalue weighted by Crippen LogP contribution is -2.21. The van der Waals surface area contributed by atoms with Crippen molar-refractivity contribution in [3.05, 3.63) is 58.9 Å². The van der Waals surface area contributed by atoms with Gasteiger partial charge in [-0.05, 0) is 16.5 Å². The molecule has 110 valence electrons. The molecule has 0 fully saturated rings. The average molecular weight is 299 g/mol. The van der Waals surface area contributed by atoms with Gasteiger partial charge in [0.15, 0.2) is 4.96 Å². The zero-order valence-electron chi connectivity index (χ0n) is 12.7. The molecule has 21 heavy (non-hydrogen) atoms. The second-order valence-electron chi connectivity index (χ2n) is 6.47. The maximum atomic E-state index is 6.47. The van der Waals surface area contributed by atoms with E-state index in [2.05, 4.69) is 60.6 Å². The van der Waals surface area contributed by atoms with Gasteiger partial charge in [-0.3, -0.25) is 4.40 Å². The van der Waals surface area contributed by atoms with Crippen molar-refractivity contribution >= 4 is 16.3 Å². The Morgan fingerprint density at radius 2 is 2.05 bits per heavy atom. The van der Waals surface area contributed by atoms with Crippen LogP contribution in [0.25, 0.3) is 4.96 Å². The van der Waals surface area contributed by atoms with Crippen molar-refractivity contribution in [1.29, 1.82) is 0 Å². The summed E-state index contributed by atoms with van der Waals surface area (Å²) in [6, 6.07) is 8.45. The van der Waals surface area contributed by atoms with Gasteiger partial charge >= 0.3 is 0 Å². The van der Waals surface area contributed by atoms with Gasteiger partial charge in [0, 0.05) is 30.2 Å². The summed E-state index contributed by atoms with van der Waals surface area (Å²) < 4.78 is 2.06. The van der Waals surface area contributed by atoms with E-state index in [0.717, 1.165) is 17.1 Å². The lowest BCUT2D eigenvalue weighted by atomic mass is 9.81. The third-order valence-electron chi connectivity index (χ3n) is 3.74. The summed E-state index contributed by atoms with van der Waals surface area (Å²) in [5.41, 5.74) is 10.2. The highest BCUT2D eigenvalue weighted by Gasteiger charge is 2.21. The van der Waals surface area contributed by atoms with Gasteiger partial charge in [-0.2, -0.15) is 0 Å². The molecule has 3 aromatic rings. The van der Waals surface area contributed by atoms with Crippen LogP contribution in [0, 0.1) is 0 Å². The van der Waals surface area contributed by atoms with E-state index in [4.69, 9.17) is 5.73 Å². The van der Waals surface area contributed by atoms with Gasteiger partial charge in [0.25, 0.3) is 0 Å². The number of nitrogens with zero attached hydrogens (tertiary/aromatic N) is 2. The molecule has 3 rings (SSSR count). The minimum absolute atomic E-state index is 0.0231. The number of hydrogen-bond donors (Lipinski definition) is 1. The van der Waals surface area contributed by atoms with Gasteiger partial charge in [0.05, 0.1) is 5.69 Å². The SMILES string of the molecule is CC(C)(C)c1ccccc1C(N)Cc1cn2ccsc2n1. The van der Waals surface area contributed by atoms with Gasteiger partial charge in [-0.15, -0.1) is 11.3 Å². The first kappa shape index (κ1) is 14.3. The van der Waals surface area contributed by atoms with Crippen LogP contribution in [0.1, 0.15) is 43.6 Å². The second kappa shape index (κ2) is 5.28. The van der Waals surface area contributed by atoms with Gasteiger partial charge in [0.2, 0.25) is 0 Å². The molecule has 2 aromatic heterocycles. The maximum absolute atomic E-state index is 6.47. The summed E-state index contributed by atoms with van der Waals surface area (Å²) in [6.45, 7) is 6.68. The molecule has 2 N–H and O–H groups in total. The molecule has 0 saturated carbocycles. The van der Waals surface area contributed by atoms with Crippen molar-refractivity contribution in [1.82, 2.24) is 9.38 Å². The first-order valence-corrected chi connectivity index (χ1v) is 8.09. The predicted molar refractivity (Wildman–Crippen MR) is 88.8 cm³/mol. The molecule has 2 heterocycles. The van der Waals surface area contributed by atoms with E-state index in [9.17, 15) is 0 Å². The number of nitrogens with two attached hydrogens (primary N) is 1. The number of aromatic nitrogens is 2. The molecular weight excluding hydrogens is 278 g/mol. The van der Waals surface area contributed by atoms with Gasteiger partial charge in [0.1, 0.15) is 0 Å². The molecule has 0 spiro atoms. The van der Waals surface area contributed by atoms with Crippen LogP contribution >= 0.6 is 11.3 Å². The Labute approximate surface area is 129 Å². The fourth-order valence-electron chi connectivity index (χ4n) is 2.71. The Hall–Kier alpha value is -1.65. The van der Waals surface area contributed by atoms with Crippen molar-refractivity contribution in [2.45, 2.75) is 38.6 Å². The molecule has 0 aliphatic rings. The van der Waals surface area contributed by atoms with E-state index in [1.54, 1.807) is 11.3 Å². The predicted octanol–water partition coefficient (Wildman–Crippen LogP) is 3.94. The summed E-state index contributed by atoms with van der Waals surface area (Å²) in [4.78, 5) is 5.66. The molecule has 1 aromatic carbocycles. The van der Waals surface area contributed by atoms with Crippen LogP contribution in [0.15, 0.2) is 42.0 Å². The zero-order valence-corrected chi connectivity index (χ0v) is 13.5. The summed E-state index contributed by atoms with van der Waals surface area (Å²) in [5, 5.41) is 2.04. The average Bonchev–Trinajstić information content (AvgIpc) is 2.98. The topological polar surface area (TPSA) is 43.3 Å². The maximum Gasteiger partial charge on any atom is 0.193 e. The lowest BCUT2D eigenvalue weighted by Gasteiger charge is -2.25. The number of thiazole rings is 1. The number of benzene rings is 1. The van der Waals surface area contributed by atoms with Crippen molar-refractivity contribution in [2.75, 3.05) is 0 Å². The van der Waals surface area contributed by atoms with Gasteiger partial charge in [-0.25, -0.2) is 4.98 Å². The van der Waals surface area contributed by atoms with Crippen LogP contribution in [-0.2, 0) is 11.8 Å². The minimum atomic E-state index is -0.0231. The van der Waals surface area contributed by atoms with E-state index in [1.165, 1.54) is 11.1 Å². The third kappa shape index (κ3) is 2.87. The molecule has 0 aliphatic heterocycles. The van der Waals surface area contributed by atoms with Crippen LogP contribution in [0.5, 0.6) is 0 Å². The first-order valence-electron chi connectivity index (χ1n) is 7.21. The monoisotopic (exact) mass is 299 g/mol. The molecule has 0 saturated heterocycles. The largest absolute Gasteiger partial charge is 0.324 e. The standard InChI is InChI=1S/C17H21N3S/c1-17(2,3)14-7-5-4-6-13(14)15(18)10-12-11-20-8-9-21-16(20)19-12/h4-9,11,15H,10,18H2,1-3H3. The molecular formula is C17H21N3S. The van der Waals surface area contributed by atoms with E-state index in [0.29, 0.717) is 0 Å². The van der Waals surface area contributed by atoms with Crippen molar-refractivity contribution < 1.29 is 0 Å². The normalized spacial score (nSPS) is 13.7. The molecule has 1 unspecified atom stereocenters. The van der Waals surface area contributed by atoms with E-state index < -0.39 is 0 Å². The highest BCUT2D eigenvalue weighted by Crippen LogP contribution is 2.30. The molecule has 0 amide bonds. The molecule has 0 bridgehead atoms. The Morgan fingerprint density at radius 1 is 1.29 bits per heavy atom. The molecule has 1 atom stereocenters. The van der Waals surface area contributed by atoms with Crippen molar-refractivity contribution in [2.24, 2.45) is 5.73 Å². The Bertz CT molecular complexity index is 720. The van der Waals surface area contributed by atoms with E-state index in [-0.39, 0.29) is 11.5 Å². The van der Waals surface area contributed by atoms with Crippen LogP contribution < -0.4 is 5.73 Å².